The molecule has 1 amide bonds. The first-order valence-electron chi connectivity index (χ1n) is 13.4. The molecule has 42 heavy (non-hydrogen) atoms. The van der Waals surface area contributed by atoms with E-state index in [-0.39, 0.29) is 22.8 Å². The lowest BCUT2D eigenvalue weighted by Crippen LogP contribution is -2.47. The van der Waals surface area contributed by atoms with Crippen LogP contribution >= 0.6 is 11.6 Å². The Balaban J connectivity index is 1.44. The van der Waals surface area contributed by atoms with Crippen molar-refractivity contribution in [3.8, 4) is 11.3 Å². The van der Waals surface area contributed by atoms with E-state index in [1.54, 1.807) is 16.9 Å². The Labute approximate surface area is 242 Å². The molecule has 5 aromatic rings. The maximum Gasteiger partial charge on any atom is 0.416 e. The third-order valence-electron chi connectivity index (χ3n) is 7.35. The zero-order chi connectivity index (χ0) is 29.6. The Morgan fingerprint density at radius 2 is 1.90 bits per heavy atom. The van der Waals surface area contributed by atoms with Crippen LogP contribution in [0.2, 0.25) is 5.02 Å². The molecule has 0 aliphatic carbocycles. The number of fused-ring (bicyclic) bond motifs is 2. The van der Waals surface area contributed by atoms with Gasteiger partial charge in [-0.2, -0.15) is 22.8 Å². The number of hydrogen-bond acceptors (Lipinski definition) is 6. The molecule has 0 bridgehead atoms. The van der Waals surface area contributed by atoms with Crippen LogP contribution in [0, 0.1) is 0 Å². The van der Waals surface area contributed by atoms with Gasteiger partial charge in [-0.1, -0.05) is 30.7 Å². The number of alkyl halides is 3. The van der Waals surface area contributed by atoms with Crippen LogP contribution in [-0.2, 0) is 23.9 Å². The number of hydrogen-bond donors (Lipinski definition) is 2. The molecule has 0 atom stereocenters. The highest BCUT2D eigenvalue weighted by Gasteiger charge is 2.31. The second kappa shape index (κ2) is 10.8. The minimum Gasteiger partial charge on any atom is -0.464 e. The van der Waals surface area contributed by atoms with Crippen molar-refractivity contribution in [3.63, 3.8) is 0 Å². The number of piperazine rings is 1. The van der Waals surface area contributed by atoms with Gasteiger partial charge >= 0.3 is 6.18 Å². The number of nitrogens with zero attached hydrogens (tertiary/aromatic N) is 4. The van der Waals surface area contributed by atoms with Crippen molar-refractivity contribution < 1.29 is 22.4 Å². The van der Waals surface area contributed by atoms with Gasteiger partial charge in [0.25, 0.3) is 5.56 Å². The third kappa shape index (κ3) is 5.12. The fourth-order valence-corrected chi connectivity index (χ4v) is 5.55. The molecule has 1 aliphatic heterocycles. The van der Waals surface area contributed by atoms with Crippen molar-refractivity contribution in [1.29, 1.82) is 0 Å². The van der Waals surface area contributed by atoms with Gasteiger partial charge in [0.1, 0.15) is 23.5 Å². The smallest absolute Gasteiger partial charge is 0.416 e. The Bertz CT molecular complexity index is 1870. The molecular weight excluding hydrogens is 573 g/mol. The van der Waals surface area contributed by atoms with E-state index in [2.05, 4.69) is 15.7 Å². The molecule has 6 rings (SSSR count). The summed E-state index contributed by atoms with van der Waals surface area (Å²) in [6.45, 7) is 4.27. The molecule has 0 saturated carbocycles. The highest BCUT2D eigenvalue weighted by Crippen LogP contribution is 2.34. The van der Waals surface area contributed by atoms with Crippen molar-refractivity contribution in [2.24, 2.45) is 0 Å². The summed E-state index contributed by atoms with van der Waals surface area (Å²) in [5.41, 5.74) is 2.27. The number of rotatable bonds is 6. The van der Waals surface area contributed by atoms with Gasteiger partial charge in [0.2, 0.25) is 5.91 Å². The van der Waals surface area contributed by atoms with E-state index in [1.807, 2.05) is 36.1 Å². The first-order chi connectivity index (χ1) is 20.1. The number of benzene rings is 2. The number of anilines is 2. The van der Waals surface area contributed by atoms with Crippen molar-refractivity contribution in [3.05, 3.63) is 81.4 Å². The van der Waals surface area contributed by atoms with E-state index in [4.69, 9.17) is 16.0 Å². The van der Waals surface area contributed by atoms with Crippen LogP contribution in [0.1, 0.15) is 18.2 Å². The SMILES string of the molecule is CCc1c(N2CCNCC2)c(=O)n2nc(-c3ccc4ccoc4c3)cc2n1CC(=O)Nc1ccc(C(F)(F)F)cc1Cl. The van der Waals surface area contributed by atoms with E-state index < -0.39 is 17.6 Å². The first-order valence-corrected chi connectivity index (χ1v) is 13.8. The number of aromatic nitrogens is 3. The fraction of sp³-hybridized carbons (Fsp3) is 0.276. The van der Waals surface area contributed by atoms with Crippen LogP contribution in [-0.4, -0.2) is 46.3 Å². The van der Waals surface area contributed by atoms with Gasteiger partial charge in [0.15, 0.2) is 0 Å². The lowest BCUT2D eigenvalue weighted by Gasteiger charge is -2.31. The van der Waals surface area contributed by atoms with Crippen molar-refractivity contribution in [2.75, 3.05) is 36.4 Å². The molecule has 1 fully saturated rings. The molecule has 0 unspecified atom stereocenters. The van der Waals surface area contributed by atoms with Crippen LogP contribution < -0.4 is 21.1 Å². The number of furan rings is 1. The summed E-state index contributed by atoms with van der Waals surface area (Å²) in [4.78, 5) is 29.2. The van der Waals surface area contributed by atoms with E-state index in [0.717, 1.165) is 29.1 Å². The summed E-state index contributed by atoms with van der Waals surface area (Å²) in [6, 6.07) is 12.0. The van der Waals surface area contributed by atoms with E-state index in [9.17, 15) is 22.8 Å². The van der Waals surface area contributed by atoms with Gasteiger partial charge in [-0.3, -0.25) is 9.59 Å². The minimum absolute atomic E-state index is 0.0491. The quantitative estimate of drug-likeness (QED) is 0.279. The van der Waals surface area contributed by atoms with Crippen LogP contribution in [0.5, 0.6) is 0 Å². The molecule has 0 spiro atoms. The van der Waals surface area contributed by atoms with Gasteiger partial charge < -0.3 is 24.5 Å². The third-order valence-corrected chi connectivity index (χ3v) is 7.67. The van der Waals surface area contributed by atoms with Crippen LogP contribution in [0.15, 0.2) is 64.0 Å². The highest BCUT2D eigenvalue weighted by molar-refractivity contribution is 6.33. The van der Waals surface area contributed by atoms with Gasteiger partial charge in [-0.05, 0) is 36.8 Å². The van der Waals surface area contributed by atoms with E-state index in [1.165, 1.54) is 4.52 Å². The number of halogens is 4. The summed E-state index contributed by atoms with van der Waals surface area (Å²) in [6.07, 6.45) is -2.53. The standard InChI is InChI=1S/C29H26ClF3N6O3/c1-2-23-27(37-10-8-34-9-11-37)28(41)39-26(15-22(36-39)18-4-3-17-7-12-42-24(17)13-18)38(23)16-25(40)35-21-6-5-19(14-20(21)30)29(31,32)33/h3-7,12-15,34H,2,8-11,16H2,1H3,(H,35,40). The maximum absolute atomic E-state index is 13.9. The predicted octanol–water partition coefficient (Wildman–Crippen LogP) is 5.19. The van der Waals surface area contributed by atoms with Gasteiger partial charge in [0.05, 0.1) is 28.2 Å². The van der Waals surface area contributed by atoms with Crippen molar-refractivity contribution in [1.82, 2.24) is 19.5 Å². The molecule has 9 nitrogen and oxygen atoms in total. The lowest BCUT2D eigenvalue weighted by atomic mass is 10.1. The molecule has 2 N–H and O–H groups in total. The van der Waals surface area contributed by atoms with Crippen LogP contribution in [0.4, 0.5) is 24.5 Å². The van der Waals surface area contributed by atoms with E-state index in [0.29, 0.717) is 60.9 Å². The van der Waals surface area contributed by atoms with Gasteiger partial charge in [-0.15, -0.1) is 0 Å². The molecule has 1 saturated heterocycles. The summed E-state index contributed by atoms with van der Waals surface area (Å²) in [5.74, 6) is -0.525. The molecule has 13 heteroatoms. The fourth-order valence-electron chi connectivity index (χ4n) is 5.33. The minimum atomic E-state index is -4.56. The van der Waals surface area contributed by atoms with Crippen LogP contribution in [0.25, 0.3) is 27.9 Å². The van der Waals surface area contributed by atoms with E-state index >= 15 is 0 Å². The number of nitrogens with one attached hydrogen (secondary N) is 2. The Kier molecular flexibility index (Phi) is 7.19. The average Bonchev–Trinajstić information content (AvgIpc) is 3.63. The normalized spacial score (nSPS) is 14.2. The average molecular weight is 599 g/mol. The number of amides is 1. The molecule has 0 radical (unpaired) electrons. The summed E-state index contributed by atoms with van der Waals surface area (Å²) in [7, 11) is 0. The molecule has 1 aliphatic rings. The first kappa shape index (κ1) is 27.9. The molecule has 4 heterocycles. The lowest BCUT2D eigenvalue weighted by molar-refractivity contribution is -0.137. The topological polar surface area (TPSA) is 96.8 Å². The summed E-state index contributed by atoms with van der Waals surface area (Å²) >= 11 is 6.09. The Morgan fingerprint density at radius 3 is 2.62 bits per heavy atom. The second-order valence-electron chi connectivity index (χ2n) is 9.99. The zero-order valence-corrected chi connectivity index (χ0v) is 23.2. The largest absolute Gasteiger partial charge is 0.464 e. The Hall–Kier alpha value is -4.29. The van der Waals surface area contributed by atoms with Gasteiger partial charge in [-0.25, -0.2) is 0 Å². The maximum atomic E-state index is 13.9. The van der Waals surface area contributed by atoms with Crippen molar-refractivity contribution >= 4 is 45.5 Å². The molecule has 2 aromatic carbocycles. The number of carbonyl (C=O) groups is 1. The van der Waals surface area contributed by atoms with Crippen molar-refractivity contribution in [2.45, 2.75) is 26.1 Å². The molecular formula is C29H26ClF3N6O3. The highest BCUT2D eigenvalue weighted by atomic mass is 35.5. The monoisotopic (exact) mass is 598 g/mol. The predicted molar refractivity (Wildman–Crippen MR) is 154 cm³/mol. The second-order valence-corrected chi connectivity index (χ2v) is 10.4. The summed E-state index contributed by atoms with van der Waals surface area (Å²) < 4.78 is 47.9. The van der Waals surface area contributed by atoms with Gasteiger partial charge in [0, 0.05) is 48.9 Å². The molecule has 218 valence electrons. The molecule has 3 aromatic heterocycles. The summed E-state index contributed by atoms with van der Waals surface area (Å²) in [5, 5.41) is 11.2. The van der Waals surface area contributed by atoms with Crippen LogP contribution in [0.3, 0.4) is 0 Å². The zero-order valence-electron chi connectivity index (χ0n) is 22.5. The Morgan fingerprint density at radius 1 is 1.12 bits per heavy atom. The number of carbonyl (C=O) groups excluding carboxylic acids is 1.